The summed E-state index contributed by atoms with van der Waals surface area (Å²) in [6.07, 6.45) is 8.79. The molecule has 6 aromatic rings. The summed E-state index contributed by atoms with van der Waals surface area (Å²) in [5, 5.41) is 0. The summed E-state index contributed by atoms with van der Waals surface area (Å²) in [5.74, 6) is 1.12. The maximum Gasteiger partial charge on any atom is 0.338 e. The molecule has 0 fully saturated rings. The van der Waals surface area contributed by atoms with Crippen LogP contribution in [0.15, 0.2) is 182 Å². The molecular formula is C64H80B4O12. The third-order valence-corrected chi connectivity index (χ3v) is 8.95. The van der Waals surface area contributed by atoms with Crippen molar-refractivity contribution in [1.29, 1.82) is 0 Å². The fourth-order valence-corrected chi connectivity index (χ4v) is 5.44. The minimum absolute atomic E-state index is 0. The van der Waals surface area contributed by atoms with Crippen molar-refractivity contribution >= 4 is 66.8 Å². The Morgan fingerprint density at radius 3 is 0.812 bits per heavy atom. The molecule has 12 nitrogen and oxygen atoms in total. The molecule has 0 aliphatic heterocycles. The van der Waals surface area contributed by atoms with Crippen LogP contribution in [0.1, 0.15) is 142 Å². The van der Waals surface area contributed by atoms with Crippen molar-refractivity contribution in [3.63, 3.8) is 0 Å². The first-order chi connectivity index (χ1) is 37.8. The third-order valence-electron chi connectivity index (χ3n) is 8.95. The molecule has 80 heavy (non-hydrogen) atoms. The molecular weight excluding hydrogens is 1000 g/mol. The van der Waals surface area contributed by atoms with Gasteiger partial charge in [0.15, 0.2) is 0 Å². The fraction of sp³-hybridized carbons (Fsp3) is 0.312. The van der Waals surface area contributed by atoms with Crippen molar-refractivity contribution < 1.29 is 57.2 Å². The quantitative estimate of drug-likeness (QED) is 0.0348. The zero-order chi connectivity index (χ0) is 58.3. The van der Waals surface area contributed by atoms with Crippen LogP contribution in [0.4, 0.5) is 0 Å². The molecule has 0 saturated heterocycles. The smallest absolute Gasteiger partial charge is 0.338 e. The van der Waals surface area contributed by atoms with Crippen molar-refractivity contribution in [3.05, 3.63) is 215 Å². The molecule has 420 valence electrons. The van der Waals surface area contributed by atoms with Gasteiger partial charge in [-0.3, -0.25) is 14.4 Å². The van der Waals surface area contributed by atoms with Crippen LogP contribution in [0.25, 0.3) is 0 Å². The molecule has 0 aliphatic carbocycles. The van der Waals surface area contributed by atoms with Gasteiger partial charge in [-0.05, 0) is 100 Å². The molecule has 6 rings (SSSR count). The van der Waals surface area contributed by atoms with Gasteiger partial charge in [-0.2, -0.15) is 0 Å². The van der Waals surface area contributed by atoms with E-state index in [0.29, 0.717) is 75.6 Å². The van der Waals surface area contributed by atoms with Gasteiger partial charge < -0.3 is 28.4 Å². The number of terminal acetylenes is 1. The maximum atomic E-state index is 11.6. The zero-order valence-electron chi connectivity index (χ0n) is 47.1. The zero-order valence-corrected chi connectivity index (χ0v) is 47.1. The Labute approximate surface area is 483 Å². The summed E-state index contributed by atoms with van der Waals surface area (Å²) >= 11 is 0. The summed E-state index contributed by atoms with van der Waals surface area (Å²) < 4.78 is 29.5. The molecule has 0 N–H and O–H groups in total. The van der Waals surface area contributed by atoms with Crippen LogP contribution >= 0.6 is 0 Å². The topological polar surface area (TPSA) is 158 Å². The van der Waals surface area contributed by atoms with Gasteiger partial charge in [0.05, 0.1) is 36.5 Å². The summed E-state index contributed by atoms with van der Waals surface area (Å²) in [7, 11) is 10.0. The fourth-order valence-electron chi connectivity index (χ4n) is 5.44. The molecule has 0 spiro atoms. The van der Waals surface area contributed by atoms with E-state index in [9.17, 15) is 28.8 Å². The molecule has 0 aromatic heterocycles. The largest absolute Gasteiger partial charge is 0.466 e. The van der Waals surface area contributed by atoms with Crippen molar-refractivity contribution in [1.82, 2.24) is 0 Å². The lowest BCUT2D eigenvalue weighted by atomic mass is 9.40. The Kier molecular flexibility index (Phi) is 56.0. The molecule has 0 amide bonds. The standard InChI is InChI=1S/2C14H12O2.C11H14O2.C9H10O2.2C6H12O2.C3H4.CH4.B3.B/c2*15-14(13-9-5-2-6-10-13)16-11-12-7-3-1-4-8-12;1-2-6-11(12)13-9-10-7-4-3-5-8-10;1-2-11-9(10)8-6-4-3-5-7-8;2*1-3-5-6(7)8-4-2;1-3-2;;1-3-2;/h2*1-10H,11H2;3-5,7-8H,2,6,9H2,1H3;3-7H,2H2,1H3;2*3-5H2,1-2H3;1H,2H3;1H4;;. The van der Waals surface area contributed by atoms with Gasteiger partial charge in [-0.1, -0.05) is 174 Å². The van der Waals surface area contributed by atoms with E-state index in [0.717, 1.165) is 43.0 Å². The number of carbonyl (C=O) groups excluding carboxylic acids is 6. The molecule has 0 saturated carbocycles. The van der Waals surface area contributed by atoms with Gasteiger partial charge in [0.25, 0.3) is 0 Å². The van der Waals surface area contributed by atoms with Crippen molar-refractivity contribution in [2.75, 3.05) is 19.8 Å². The second-order valence-electron chi connectivity index (χ2n) is 15.4. The summed E-state index contributed by atoms with van der Waals surface area (Å²) in [5.41, 5.74) is 4.79. The van der Waals surface area contributed by atoms with Crippen LogP contribution in [0.5, 0.6) is 0 Å². The Hall–Kier alpha value is -8.04. The highest BCUT2D eigenvalue weighted by Crippen LogP contribution is 2.08. The lowest BCUT2D eigenvalue weighted by Crippen LogP contribution is -2.04. The number of ether oxygens (including phenoxy) is 6. The number of rotatable bonds is 18. The SMILES string of the molecule is C.C#CC.CCCC(=O)OCC.CCCC(=O)OCC.CCCC(=O)OCc1ccccc1.CCOC(=O)c1ccccc1.O=C(OCc1ccccc1)c1ccccc1.O=C(OCc1ccccc1)c1ccccc1.[B].[B][B][B]. The van der Waals surface area contributed by atoms with Crippen LogP contribution in [0, 0.1) is 12.3 Å². The number of hydrogen-bond donors (Lipinski definition) is 0. The predicted molar refractivity (Wildman–Crippen MR) is 325 cm³/mol. The minimum Gasteiger partial charge on any atom is -0.466 e. The van der Waals surface area contributed by atoms with Gasteiger partial charge in [0.2, 0.25) is 0 Å². The maximum absolute atomic E-state index is 11.6. The average molecular weight is 1080 g/mol. The second kappa shape index (κ2) is 57.1. The highest BCUT2D eigenvalue weighted by Gasteiger charge is 2.07. The van der Waals surface area contributed by atoms with Gasteiger partial charge in [0, 0.05) is 50.2 Å². The molecule has 0 heterocycles. The van der Waals surface area contributed by atoms with E-state index in [1.165, 1.54) is 0 Å². The first-order valence-corrected chi connectivity index (χ1v) is 25.7. The lowest BCUT2D eigenvalue weighted by Gasteiger charge is -2.04. The highest BCUT2D eigenvalue weighted by molar-refractivity contribution is 7.17. The van der Waals surface area contributed by atoms with Crippen LogP contribution < -0.4 is 0 Å². The number of esters is 6. The van der Waals surface area contributed by atoms with Crippen LogP contribution in [0.3, 0.4) is 0 Å². The Balaban J connectivity index is -0.000000430. The first-order valence-electron chi connectivity index (χ1n) is 25.7. The number of hydrogen-bond acceptors (Lipinski definition) is 12. The highest BCUT2D eigenvalue weighted by atomic mass is 16.5. The van der Waals surface area contributed by atoms with E-state index in [1.54, 1.807) is 50.2 Å². The van der Waals surface area contributed by atoms with Gasteiger partial charge in [-0.25, -0.2) is 14.4 Å². The van der Waals surface area contributed by atoms with Crippen molar-refractivity contribution in [3.8, 4) is 12.3 Å². The van der Waals surface area contributed by atoms with E-state index < -0.39 is 0 Å². The minimum atomic E-state index is -0.288. The number of benzene rings is 6. The van der Waals surface area contributed by atoms with E-state index >= 15 is 0 Å². The summed E-state index contributed by atoms with van der Waals surface area (Å²) in [6.45, 7) is 15.4. The molecule has 0 unspecified atom stereocenters. The Morgan fingerprint density at radius 1 is 0.388 bits per heavy atom. The average Bonchev–Trinajstić information content (AvgIpc) is 3.46. The monoisotopic (exact) mass is 1080 g/mol. The van der Waals surface area contributed by atoms with Crippen molar-refractivity contribution in [2.24, 2.45) is 0 Å². The Morgan fingerprint density at radius 2 is 0.588 bits per heavy atom. The Bertz CT molecular complexity index is 2320. The van der Waals surface area contributed by atoms with Crippen LogP contribution in [-0.4, -0.2) is 86.6 Å². The third kappa shape index (κ3) is 46.1. The van der Waals surface area contributed by atoms with Crippen LogP contribution in [0.2, 0.25) is 0 Å². The summed E-state index contributed by atoms with van der Waals surface area (Å²) in [4.78, 5) is 66.0. The second-order valence-corrected chi connectivity index (χ2v) is 15.4. The van der Waals surface area contributed by atoms with Gasteiger partial charge >= 0.3 is 35.8 Å². The van der Waals surface area contributed by atoms with E-state index in [-0.39, 0.29) is 51.7 Å². The molecule has 0 aliphatic rings. The summed E-state index contributed by atoms with van der Waals surface area (Å²) in [6, 6.07) is 55.9. The molecule has 0 bridgehead atoms. The first kappa shape index (κ1) is 78.5. The predicted octanol–water partition coefficient (Wildman–Crippen LogP) is 12.9. The lowest BCUT2D eigenvalue weighted by molar-refractivity contribution is -0.145. The van der Waals surface area contributed by atoms with Gasteiger partial charge in [-0.15, -0.1) is 12.3 Å². The molecule has 8 radical (unpaired) electrons. The van der Waals surface area contributed by atoms with Crippen molar-refractivity contribution in [2.45, 2.75) is 114 Å². The van der Waals surface area contributed by atoms with E-state index in [2.05, 4.69) is 37.3 Å². The normalized spacial score (nSPS) is 8.72. The van der Waals surface area contributed by atoms with Gasteiger partial charge in [0.1, 0.15) is 19.8 Å². The van der Waals surface area contributed by atoms with E-state index in [4.69, 9.17) is 18.9 Å². The number of carbonyl (C=O) groups is 6. The molecule has 0 atom stereocenters. The molecule has 6 aromatic carbocycles. The molecule has 16 heteroatoms. The van der Waals surface area contributed by atoms with E-state index in [1.807, 2.05) is 180 Å². The van der Waals surface area contributed by atoms with Crippen LogP contribution in [-0.2, 0) is 62.6 Å².